The van der Waals surface area contributed by atoms with E-state index in [1.807, 2.05) is 0 Å². The molecule has 4 saturated carbocycles. The summed E-state index contributed by atoms with van der Waals surface area (Å²) in [5.74, 6) is 4.01. The van der Waals surface area contributed by atoms with Gasteiger partial charge in [-0.15, -0.1) is 0 Å². The summed E-state index contributed by atoms with van der Waals surface area (Å²) in [6.45, 7) is 0. The standard InChI is InChI=1S/C23H24N2/c1-2-6-19(7-3-1)22-24-20-8-4-5-9-21(20)25(22)23-13-16-10-17(14-23)12-18(11-16)15-23/h1-9,16-18H,10-15H2. The van der Waals surface area contributed by atoms with E-state index >= 15 is 0 Å². The van der Waals surface area contributed by atoms with Crippen LogP contribution in [0.5, 0.6) is 0 Å². The first-order valence-electron chi connectivity index (χ1n) is 9.84. The maximum Gasteiger partial charge on any atom is 0.141 e. The van der Waals surface area contributed by atoms with Crippen molar-refractivity contribution in [3.05, 3.63) is 54.6 Å². The van der Waals surface area contributed by atoms with E-state index in [-0.39, 0.29) is 0 Å². The van der Waals surface area contributed by atoms with Crippen molar-refractivity contribution in [2.45, 2.75) is 44.1 Å². The highest BCUT2D eigenvalue weighted by Crippen LogP contribution is 2.60. The van der Waals surface area contributed by atoms with Crippen LogP contribution in [0.4, 0.5) is 0 Å². The lowest BCUT2D eigenvalue weighted by Gasteiger charge is -2.57. The molecule has 4 aliphatic rings. The summed E-state index contributed by atoms with van der Waals surface area (Å²) in [6.07, 6.45) is 8.52. The molecule has 1 heterocycles. The number of benzene rings is 2. The number of aromatic nitrogens is 2. The zero-order chi connectivity index (χ0) is 16.4. The SMILES string of the molecule is c1ccc(-c2nc3ccccc3n2C23CC4CC(CC(C4)C2)C3)cc1. The lowest BCUT2D eigenvalue weighted by molar-refractivity contribution is -0.0401. The fourth-order valence-corrected chi connectivity index (χ4v) is 6.63. The summed E-state index contributed by atoms with van der Waals surface area (Å²) >= 11 is 0. The Hall–Kier alpha value is -2.09. The summed E-state index contributed by atoms with van der Waals surface area (Å²) in [5.41, 5.74) is 4.05. The first-order chi connectivity index (χ1) is 12.3. The fourth-order valence-electron chi connectivity index (χ4n) is 6.63. The van der Waals surface area contributed by atoms with Gasteiger partial charge in [0, 0.05) is 11.1 Å². The smallest absolute Gasteiger partial charge is 0.141 e. The number of fused-ring (bicyclic) bond motifs is 1. The van der Waals surface area contributed by atoms with Gasteiger partial charge >= 0.3 is 0 Å². The maximum absolute atomic E-state index is 5.10. The molecule has 0 spiro atoms. The van der Waals surface area contributed by atoms with Gasteiger partial charge < -0.3 is 4.57 Å². The molecule has 7 rings (SSSR count). The Morgan fingerprint density at radius 1 is 0.760 bits per heavy atom. The van der Waals surface area contributed by atoms with E-state index in [0.29, 0.717) is 5.54 Å². The molecule has 0 aliphatic heterocycles. The van der Waals surface area contributed by atoms with Crippen LogP contribution in [0.25, 0.3) is 22.4 Å². The van der Waals surface area contributed by atoms with E-state index < -0.39 is 0 Å². The Labute approximate surface area is 148 Å². The van der Waals surface area contributed by atoms with Gasteiger partial charge in [0.25, 0.3) is 0 Å². The van der Waals surface area contributed by atoms with Gasteiger partial charge in [0.2, 0.25) is 0 Å². The first kappa shape index (κ1) is 14.1. The Kier molecular flexibility index (Phi) is 2.81. The summed E-state index contributed by atoms with van der Waals surface area (Å²) in [6, 6.07) is 19.6. The van der Waals surface area contributed by atoms with Gasteiger partial charge in [0.05, 0.1) is 11.0 Å². The van der Waals surface area contributed by atoms with Gasteiger partial charge in [-0.25, -0.2) is 4.98 Å². The molecule has 0 N–H and O–H groups in total. The number of hydrogen-bond acceptors (Lipinski definition) is 1. The van der Waals surface area contributed by atoms with Crippen molar-refractivity contribution in [2.75, 3.05) is 0 Å². The zero-order valence-electron chi connectivity index (χ0n) is 14.6. The second-order valence-corrected chi connectivity index (χ2v) is 8.77. The summed E-state index contributed by atoms with van der Waals surface area (Å²) < 4.78 is 2.67. The molecule has 2 heteroatoms. The predicted octanol–water partition coefficient (Wildman–Crippen LogP) is 5.63. The van der Waals surface area contributed by atoms with Crippen LogP contribution >= 0.6 is 0 Å². The van der Waals surface area contributed by atoms with Crippen LogP contribution in [0.1, 0.15) is 38.5 Å². The number of para-hydroxylation sites is 2. The molecule has 0 atom stereocenters. The van der Waals surface area contributed by atoms with Crippen molar-refractivity contribution in [3.8, 4) is 11.4 Å². The third-order valence-corrected chi connectivity index (χ3v) is 7.07. The minimum atomic E-state index is 0.302. The van der Waals surface area contributed by atoms with Crippen LogP contribution in [0.2, 0.25) is 0 Å². The molecule has 0 saturated heterocycles. The molecule has 3 aromatic rings. The number of nitrogens with zero attached hydrogens (tertiary/aromatic N) is 2. The van der Waals surface area contributed by atoms with Crippen LogP contribution in [-0.2, 0) is 5.54 Å². The van der Waals surface area contributed by atoms with Gasteiger partial charge in [-0.3, -0.25) is 0 Å². The molecule has 2 nitrogen and oxygen atoms in total. The highest BCUT2D eigenvalue weighted by molar-refractivity contribution is 5.81. The Morgan fingerprint density at radius 2 is 1.36 bits per heavy atom. The van der Waals surface area contributed by atoms with Crippen molar-refractivity contribution < 1.29 is 0 Å². The van der Waals surface area contributed by atoms with Crippen LogP contribution in [0.3, 0.4) is 0 Å². The first-order valence-corrected chi connectivity index (χ1v) is 9.84. The van der Waals surface area contributed by atoms with E-state index in [0.717, 1.165) is 23.3 Å². The number of rotatable bonds is 2. The quantitative estimate of drug-likeness (QED) is 0.596. The molecule has 0 radical (unpaired) electrons. The molecule has 1 aromatic heterocycles. The highest BCUT2D eigenvalue weighted by atomic mass is 15.2. The van der Waals surface area contributed by atoms with Crippen molar-refractivity contribution in [2.24, 2.45) is 17.8 Å². The van der Waals surface area contributed by atoms with Crippen molar-refractivity contribution in [1.82, 2.24) is 9.55 Å². The highest BCUT2D eigenvalue weighted by Gasteiger charge is 2.52. The second-order valence-electron chi connectivity index (χ2n) is 8.77. The van der Waals surface area contributed by atoms with Gasteiger partial charge in [0.1, 0.15) is 5.82 Å². The van der Waals surface area contributed by atoms with E-state index in [1.165, 1.54) is 55.4 Å². The number of hydrogen-bond donors (Lipinski definition) is 0. The molecule has 4 fully saturated rings. The summed E-state index contributed by atoms with van der Waals surface area (Å²) in [4.78, 5) is 5.10. The third-order valence-electron chi connectivity index (χ3n) is 7.07. The maximum atomic E-state index is 5.10. The topological polar surface area (TPSA) is 17.8 Å². The molecule has 4 aliphatic carbocycles. The monoisotopic (exact) mass is 328 g/mol. The lowest BCUT2D eigenvalue weighted by atomic mass is 9.53. The van der Waals surface area contributed by atoms with Crippen LogP contribution in [0.15, 0.2) is 54.6 Å². The largest absolute Gasteiger partial charge is 0.318 e. The molecule has 4 bridgehead atoms. The summed E-state index contributed by atoms with van der Waals surface area (Å²) in [7, 11) is 0. The molecule has 25 heavy (non-hydrogen) atoms. The predicted molar refractivity (Wildman–Crippen MR) is 101 cm³/mol. The Balaban J connectivity index is 1.62. The van der Waals surface area contributed by atoms with Crippen LogP contribution in [-0.4, -0.2) is 9.55 Å². The molecule has 2 aromatic carbocycles. The Bertz CT molecular complexity index is 902. The second kappa shape index (κ2) is 4.97. The fraction of sp³-hybridized carbons (Fsp3) is 0.435. The molecule has 0 unspecified atom stereocenters. The molecule has 126 valence electrons. The van der Waals surface area contributed by atoms with E-state index in [4.69, 9.17) is 4.98 Å². The van der Waals surface area contributed by atoms with Crippen molar-refractivity contribution in [1.29, 1.82) is 0 Å². The van der Waals surface area contributed by atoms with E-state index in [1.54, 1.807) is 0 Å². The van der Waals surface area contributed by atoms with E-state index in [9.17, 15) is 0 Å². The minimum Gasteiger partial charge on any atom is -0.318 e. The number of imidazole rings is 1. The lowest BCUT2D eigenvalue weighted by Crippen LogP contribution is -2.52. The third kappa shape index (κ3) is 2.00. The van der Waals surface area contributed by atoms with Gasteiger partial charge in [0.15, 0.2) is 0 Å². The minimum absolute atomic E-state index is 0.302. The van der Waals surface area contributed by atoms with Crippen LogP contribution < -0.4 is 0 Å². The Morgan fingerprint density at radius 3 is 2.04 bits per heavy atom. The van der Waals surface area contributed by atoms with Crippen molar-refractivity contribution in [3.63, 3.8) is 0 Å². The van der Waals surface area contributed by atoms with Gasteiger partial charge in [-0.05, 0) is 68.4 Å². The average molecular weight is 328 g/mol. The zero-order valence-corrected chi connectivity index (χ0v) is 14.6. The van der Waals surface area contributed by atoms with E-state index in [2.05, 4.69) is 59.2 Å². The van der Waals surface area contributed by atoms with Crippen LogP contribution in [0, 0.1) is 17.8 Å². The average Bonchev–Trinajstić information content (AvgIpc) is 3.02. The molecular formula is C23H24N2. The van der Waals surface area contributed by atoms with Gasteiger partial charge in [-0.2, -0.15) is 0 Å². The summed E-state index contributed by atoms with van der Waals surface area (Å²) in [5, 5.41) is 0. The molecular weight excluding hydrogens is 304 g/mol. The molecule has 0 amide bonds. The van der Waals surface area contributed by atoms with Crippen molar-refractivity contribution >= 4 is 11.0 Å². The normalized spacial score (nSPS) is 33.2. The van der Waals surface area contributed by atoms with Gasteiger partial charge in [-0.1, -0.05) is 42.5 Å².